The summed E-state index contributed by atoms with van der Waals surface area (Å²) in [7, 11) is 0. The number of imide groups is 2. The van der Waals surface area contributed by atoms with Crippen LogP contribution in [-0.4, -0.2) is 33.9 Å². The number of barbiturate groups is 1. The molecule has 2 heterocycles. The SMILES string of the molecule is O=C1NC(=O)N(Cc2cncs2)C(=O)C1F. The van der Waals surface area contributed by atoms with Crippen molar-refractivity contribution in [2.45, 2.75) is 12.7 Å². The quantitative estimate of drug-likeness (QED) is 0.745. The van der Waals surface area contributed by atoms with Gasteiger partial charge in [-0.3, -0.25) is 24.8 Å². The van der Waals surface area contributed by atoms with Gasteiger partial charge in [-0.15, -0.1) is 11.3 Å². The summed E-state index contributed by atoms with van der Waals surface area (Å²) in [6.07, 6.45) is -0.847. The molecule has 1 unspecified atom stereocenters. The molecule has 2 rings (SSSR count). The first-order valence-corrected chi connectivity index (χ1v) is 5.15. The zero-order chi connectivity index (χ0) is 11.7. The summed E-state index contributed by atoms with van der Waals surface area (Å²) >= 11 is 1.23. The highest BCUT2D eigenvalue weighted by Crippen LogP contribution is 2.14. The van der Waals surface area contributed by atoms with E-state index in [1.54, 1.807) is 5.32 Å². The lowest BCUT2D eigenvalue weighted by molar-refractivity contribution is -0.144. The number of nitrogens with one attached hydrogen (secondary N) is 1. The van der Waals surface area contributed by atoms with Gasteiger partial charge in [-0.25, -0.2) is 9.18 Å². The van der Waals surface area contributed by atoms with Gasteiger partial charge in [0.2, 0.25) is 0 Å². The van der Waals surface area contributed by atoms with Gasteiger partial charge in [-0.1, -0.05) is 0 Å². The molecule has 84 valence electrons. The Bertz CT molecular complexity index is 447. The summed E-state index contributed by atoms with van der Waals surface area (Å²) in [5.41, 5.74) is 1.53. The molecule has 1 saturated heterocycles. The lowest BCUT2D eigenvalue weighted by Gasteiger charge is -2.25. The number of amides is 4. The van der Waals surface area contributed by atoms with E-state index in [0.717, 1.165) is 0 Å². The monoisotopic (exact) mass is 243 g/mol. The molecule has 0 radical (unpaired) electrons. The summed E-state index contributed by atoms with van der Waals surface area (Å²) in [5.74, 6) is -2.35. The zero-order valence-corrected chi connectivity index (χ0v) is 8.66. The van der Waals surface area contributed by atoms with Crippen molar-refractivity contribution in [2.24, 2.45) is 0 Å². The van der Waals surface area contributed by atoms with Gasteiger partial charge in [0.25, 0.3) is 18.0 Å². The van der Waals surface area contributed by atoms with E-state index in [-0.39, 0.29) is 6.54 Å². The Morgan fingerprint density at radius 1 is 1.50 bits per heavy atom. The van der Waals surface area contributed by atoms with Crippen LogP contribution in [0.2, 0.25) is 0 Å². The van der Waals surface area contributed by atoms with E-state index in [2.05, 4.69) is 4.98 Å². The van der Waals surface area contributed by atoms with Crippen LogP contribution in [0, 0.1) is 0 Å². The van der Waals surface area contributed by atoms with E-state index >= 15 is 0 Å². The Hall–Kier alpha value is -1.83. The largest absolute Gasteiger partial charge is 0.331 e. The van der Waals surface area contributed by atoms with E-state index in [9.17, 15) is 18.8 Å². The molecule has 0 spiro atoms. The smallest absolute Gasteiger partial charge is 0.275 e. The molecule has 4 amide bonds. The van der Waals surface area contributed by atoms with Crippen molar-refractivity contribution in [2.75, 3.05) is 0 Å². The van der Waals surface area contributed by atoms with Crippen LogP contribution in [0.15, 0.2) is 11.7 Å². The molecule has 0 aliphatic carbocycles. The second-order valence-electron chi connectivity index (χ2n) is 3.05. The van der Waals surface area contributed by atoms with Gasteiger partial charge < -0.3 is 0 Å². The second kappa shape index (κ2) is 3.97. The maximum absolute atomic E-state index is 13.1. The van der Waals surface area contributed by atoms with Gasteiger partial charge in [0.1, 0.15) is 0 Å². The molecular formula is C8H6FN3O3S. The highest BCUT2D eigenvalue weighted by Gasteiger charge is 2.40. The Morgan fingerprint density at radius 3 is 2.88 bits per heavy atom. The summed E-state index contributed by atoms with van der Waals surface area (Å²) in [6.45, 7) is -0.0803. The van der Waals surface area contributed by atoms with E-state index in [1.165, 1.54) is 23.0 Å². The molecule has 8 heteroatoms. The highest BCUT2D eigenvalue weighted by molar-refractivity contribution is 7.09. The van der Waals surface area contributed by atoms with Crippen molar-refractivity contribution in [1.29, 1.82) is 0 Å². The summed E-state index contributed by atoms with van der Waals surface area (Å²) in [6, 6.07) is -0.905. The van der Waals surface area contributed by atoms with Gasteiger partial charge in [0.15, 0.2) is 0 Å². The van der Waals surface area contributed by atoms with Crippen LogP contribution in [0.1, 0.15) is 4.88 Å². The molecule has 0 bridgehead atoms. The van der Waals surface area contributed by atoms with Crippen LogP contribution in [0.3, 0.4) is 0 Å². The van der Waals surface area contributed by atoms with Crippen molar-refractivity contribution in [3.63, 3.8) is 0 Å². The van der Waals surface area contributed by atoms with Crippen molar-refractivity contribution >= 4 is 29.2 Å². The van der Waals surface area contributed by atoms with Crippen molar-refractivity contribution in [1.82, 2.24) is 15.2 Å². The van der Waals surface area contributed by atoms with Gasteiger partial charge in [0.05, 0.1) is 12.1 Å². The maximum Gasteiger partial charge on any atom is 0.331 e. The minimum absolute atomic E-state index is 0.0803. The molecule has 6 nitrogen and oxygen atoms in total. The van der Waals surface area contributed by atoms with Crippen molar-refractivity contribution < 1.29 is 18.8 Å². The number of thiazole rings is 1. The van der Waals surface area contributed by atoms with E-state index < -0.39 is 24.0 Å². The number of aromatic nitrogens is 1. The molecular weight excluding hydrogens is 237 g/mol. The Balaban J connectivity index is 2.17. The summed E-state index contributed by atoms with van der Waals surface area (Å²) in [4.78, 5) is 38.4. The number of alkyl halides is 1. The van der Waals surface area contributed by atoms with Crippen molar-refractivity contribution in [3.8, 4) is 0 Å². The molecule has 1 aliphatic rings. The molecule has 0 aromatic carbocycles. The van der Waals surface area contributed by atoms with Gasteiger partial charge >= 0.3 is 6.03 Å². The van der Waals surface area contributed by atoms with Crippen molar-refractivity contribution in [3.05, 3.63) is 16.6 Å². The lowest BCUT2D eigenvalue weighted by Crippen LogP contribution is -2.58. The average Bonchev–Trinajstić information content (AvgIpc) is 2.74. The Labute approximate surface area is 93.1 Å². The Morgan fingerprint density at radius 2 is 2.25 bits per heavy atom. The number of hydrogen-bond donors (Lipinski definition) is 1. The fraction of sp³-hybridized carbons (Fsp3) is 0.250. The van der Waals surface area contributed by atoms with Gasteiger partial charge in [-0.05, 0) is 0 Å². The van der Waals surface area contributed by atoms with Gasteiger partial charge in [-0.2, -0.15) is 0 Å². The lowest BCUT2D eigenvalue weighted by atomic mass is 10.2. The molecule has 1 N–H and O–H groups in total. The first-order chi connectivity index (χ1) is 7.59. The van der Waals surface area contributed by atoms with E-state index in [0.29, 0.717) is 9.78 Å². The molecule has 1 aliphatic heterocycles. The minimum atomic E-state index is -2.31. The maximum atomic E-state index is 13.1. The standard InChI is InChI=1S/C8H6FN3O3S/c9-5-6(13)11-8(15)12(7(5)14)2-4-1-10-3-16-4/h1,3,5H,2H2,(H,11,13,15). The highest BCUT2D eigenvalue weighted by atomic mass is 32.1. The number of carbonyl (C=O) groups is 3. The van der Waals surface area contributed by atoms with Crippen LogP contribution in [0.25, 0.3) is 0 Å². The Kier molecular flexibility index (Phi) is 2.65. The molecule has 1 aromatic rings. The number of carbonyl (C=O) groups excluding carboxylic acids is 3. The van der Waals surface area contributed by atoms with Crippen LogP contribution < -0.4 is 5.32 Å². The van der Waals surface area contributed by atoms with Crippen LogP contribution in [0.5, 0.6) is 0 Å². The number of hydrogen-bond acceptors (Lipinski definition) is 5. The van der Waals surface area contributed by atoms with Gasteiger partial charge in [0, 0.05) is 11.1 Å². The summed E-state index contributed by atoms with van der Waals surface area (Å²) in [5, 5.41) is 1.76. The number of nitrogens with zero attached hydrogens (tertiary/aromatic N) is 2. The van der Waals surface area contributed by atoms with E-state index in [1.807, 2.05) is 0 Å². The summed E-state index contributed by atoms with van der Waals surface area (Å²) < 4.78 is 13.1. The third-order valence-electron chi connectivity index (χ3n) is 1.99. The predicted octanol–water partition coefficient (Wildman–Crippen LogP) is 0.0596. The predicted molar refractivity (Wildman–Crippen MR) is 51.1 cm³/mol. The topological polar surface area (TPSA) is 79.4 Å². The third-order valence-corrected chi connectivity index (χ3v) is 2.75. The fourth-order valence-corrected chi connectivity index (χ4v) is 1.79. The average molecular weight is 243 g/mol. The third kappa shape index (κ3) is 1.78. The molecule has 16 heavy (non-hydrogen) atoms. The van der Waals surface area contributed by atoms with Crippen LogP contribution in [0.4, 0.5) is 9.18 Å². The number of urea groups is 1. The van der Waals surface area contributed by atoms with E-state index in [4.69, 9.17) is 0 Å². The van der Waals surface area contributed by atoms with Crippen LogP contribution >= 0.6 is 11.3 Å². The first-order valence-electron chi connectivity index (χ1n) is 4.27. The normalized spacial score (nSPS) is 21.2. The number of halogens is 1. The first kappa shape index (κ1) is 10.7. The molecule has 1 fully saturated rings. The minimum Gasteiger partial charge on any atom is -0.275 e. The molecule has 0 saturated carbocycles. The zero-order valence-electron chi connectivity index (χ0n) is 7.84. The molecule has 1 atom stereocenters. The molecule has 1 aromatic heterocycles. The second-order valence-corrected chi connectivity index (χ2v) is 4.02. The number of rotatable bonds is 2. The fourth-order valence-electron chi connectivity index (χ4n) is 1.21. The van der Waals surface area contributed by atoms with Crippen LogP contribution in [-0.2, 0) is 16.1 Å².